The van der Waals surface area contributed by atoms with Crippen molar-refractivity contribution in [3.05, 3.63) is 47.5 Å². The molecule has 0 saturated carbocycles. The molecule has 3 rings (SSSR count). The van der Waals surface area contributed by atoms with Crippen LogP contribution in [0.15, 0.2) is 30.6 Å². The highest BCUT2D eigenvalue weighted by atomic mass is 16.4. The van der Waals surface area contributed by atoms with E-state index in [0.717, 1.165) is 24.1 Å². The van der Waals surface area contributed by atoms with Gasteiger partial charge in [-0.2, -0.15) is 0 Å². The Labute approximate surface area is 121 Å². The van der Waals surface area contributed by atoms with Crippen LogP contribution in [0.2, 0.25) is 0 Å². The Balaban J connectivity index is 2.05. The first-order valence-electron chi connectivity index (χ1n) is 6.77. The Hall–Kier alpha value is -2.63. The Morgan fingerprint density at radius 2 is 2.14 bits per heavy atom. The monoisotopic (exact) mass is 285 g/mol. The number of rotatable bonds is 2. The average Bonchev–Trinajstić information content (AvgIpc) is 2.96. The van der Waals surface area contributed by atoms with Gasteiger partial charge in [0.25, 0.3) is 5.91 Å². The predicted molar refractivity (Wildman–Crippen MR) is 76.6 cm³/mol. The van der Waals surface area contributed by atoms with Crippen molar-refractivity contribution in [2.75, 3.05) is 4.90 Å². The number of carboxylic acid groups (broad SMARTS) is 1. The van der Waals surface area contributed by atoms with Crippen LogP contribution in [0.25, 0.3) is 0 Å². The van der Waals surface area contributed by atoms with Gasteiger partial charge in [0, 0.05) is 11.7 Å². The summed E-state index contributed by atoms with van der Waals surface area (Å²) in [6, 6.07) is 7.69. The van der Waals surface area contributed by atoms with E-state index in [1.54, 1.807) is 4.90 Å². The first kappa shape index (κ1) is 13.4. The molecule has 0 aliphatic carbocycles. The third kappa shape index (κ3) is 2.18. The van der Waals surface area contributed by atoms with Crippen LogP contribution in [0.5, 0.6) is 0 Å². The van der Waals surface area contributed by atoms with Gasteiger partial charge in [-0.25, -0.2) is 9.78 Å². The van der Waals surface area contributed by atoms with Crippen LogP contribution in [0, 0.1) is 0 Å². The van der Waals surface area contributed by atoms with Gasteiger partial charge in [0.15, 0.2) is 11.4 Å². The quantitative estimate of drug-likeness (QED) is 0.884. The van der Waals surface area contributed by atoms with Crippen LogP contribution in [-0.4, -0.2) is 33.0 Å². The Kier molecular flexibility index (Phi) is 3.21. The zero-order valence-corrected chi connectivity index (χ0v) is 11.5. The molecule has 1 aliphatic rings. The molecule has 0 spiro atoms. The summed E-state index contributed by atoms with van der Waals surface area (Å²) in [4.78, 5) is 31.9. The van der Waals surface area contributed by atoms with E-state index in [1.807, 2.05) is 31.2 Å². The molecule has 1 aromatic carbocycles. The highest BCUT2D eigenvalue weighted by molar-refractivity contribution is 6.10. The van der Waals surface area contributed by atoms with Gasteiger partial charge in [-0.3, -0.25) is 4.79 Å². The minimum absolute atomic E-state index is 0.00532. The summed E-state index contributed by atoms with van der Waals surface area (Å²) in [5, 5.41) is 9.12. The number of para-hydroxylation sites is 1. The van der Waals surface area contributed by atoms with Crippen LogP contribution in [0.4, 0.5) is 5.69 Å². The van der Waals surface area contributed by atoms with Crippen molar-refractivity contribution < 1.29 is 14.7 Å². The first-order valence-corrected chi connectivity index (χ1v) is 6.77. The van der Waals surface area contributed by atoms with E-state index in [2.05, 4.69) is 9.97 Å². The van der Waals surface area contributed by atoms with Crippen molar-refractivity contribution in [3.63, 3.8) is 0 Å². The number of aryl methyl sites for hydroxylation is 1. The Morgan fingerprint density at radius 3 is 2.90 bits per heavy atom. The number of fused-ring (bicyclic) bond motifs is 1. The molecule has 2 N–H and O–H groups in total. The topological polar surface area (TPSA) is 86.3 Å². The number of H-pyrrole nitrogens is 1. The lowest BCUT2D eigenvalue weighted by Crippen LogP contribution is -2.42. The summed E-state index contributed by atoms with van der Waals surface area (Å²) in [6.07, 6.45) is 2.99. The molecule has 6 nitrogen and oxygen atoms in total. The molecule has 2 heterocycles. The lowest BCUT2D eigenvalue weighted by atomic mass is 9.96. The molecule has 108 valence electrons. The van der Waals surface area contributed by atoms with Gasteiger partial charge >= 0.3 is 5.97 Å². The fraction of sp³-hybridized carbons (Fsp3) is 0.267. The summed E-state index contributed by atoms with van der Waals surface area (Å²) in [6.45, 7) is 1.96. The standard InChI is InChI=1S/C15H15N3O3/c1-9-6-7-10-4-2-3-5-11(10)18(9)14(19)12-13(15(20)21)17-8-16-12/h2-5,8-9H,6-7H2,1H3,(H,16,17)(H,20,21). The number of aromatic amines is 1. The highest BCUT2D eigenvalue weighted by Gasteiger charge is 2.32. The summed E-state index contributed by atoms with van der Waals surface area (Å²) >= 11 is 0. The van der Waals surface area contributed by atoms with Crippen molar-refractivity contribution in [2.24, 2.45) is 0 Å². The van der Waals surface area contributed by atoms with Crippen molar-refractivity contribution >= 4 is 17.6 Å². The van der Waals surface area contributed by atoms with Gasteiger partial charge < -0.3 is 15.0 Å². The summed E-state index contributed by atoms with van der Waals surface area (Å²) in [7, 11) is 0. The zero-order valence-electron chi connectivity index (χ0n) is 11.5. The molecule has 1 aromatic heterocycles. The van der Waals surface area contributed by atoms with E-state index in [-0.39, 0.29) is 23.3 Å². The smallest absolute Gasteiger partial charge is 0.354 e. The number of anilines is 1. The molecule has 1 aliphatic heterocycles. The number of benzene rings is 1. The number of hydrogen-bond donors (Lipinski definition) is 2. The molecule has 1 atom stereocenters. The zero-order chi connectivity index (χ0) is 15.0. The maximum Gasteiger partial charge on any atom is 0.354 e. The minimum atomic E-state index is -1.19. The number of carbonyl (C=O) groups excluding carboxylic acids is 1. The van der Waals surface area contributed by atoms with Crippen LogP contribution in [0.1, 0.15) is 39.9 Å². The van der Waals surface area contributed by atoms with E-state index >= 15 is 0 Å². The lowest BCUT2D eigenvalue weighted by molar-refractivity contribution is 0.0685. The molecule has 1 amide bonds. The molecule has 0 fully saturated rings. The van der Waals surface area contributed by atoms with E-state index in [1.165, 1.54) is 6.33 Å². The second-order valence-corrected chi connectivity index (χ2v) is 5.12. The van der Waals surface area contributed by atoms with Crippen molar-refractivity contribution in [1.29, 1.82) is 0 Å². The number of carboxylic acids is 1. The Morgan fingerprint density at radius 1 is 1.38 bits per heavy atom. The molecular weight excluding hydrogens is 270 g/mol. The van der Waals surface area contributed by atoms with Crippen LogP contribution in [0.3, 0.4) is 0 Å². The van der Waals surface area contributed by atoms with Gasteiger partial charge in [-0.1, -0.05) is 18.2 Å². The van der Waals surface area contributed by atoms with Gasteiger partial charge in [0.1, 0.15) is 0 Å². The maximum absolute atomic E-state index is 12.7. The molecule has 1 unspecified atom stereocenters. The highest BCUT2D eigenvalue weighted by Crippen LogP contribution is 2.31. The number of imidazole rings is 1. The summed E-state index contributed by atoms with van der Waals surface area (Å²) in [5.74, 6) is -1.57. The largest absolute Gasteiger partial charge is 0.477 e. The first-order chi connectivity index (χ1) is 10.1. The normalized spacial score (nSPS) is 17.4. The number of aromatic nitrogens is 2. The SMILES string of the molecule is CC1CCc2ccccc2N1C(=O)c1nc[nH]c1C(=O)O. The molecule has 21 heavy (non-hydrogen) atoms. The van der Waals surface area contributed by atoms with E-state index < -0.39 is 5.97 Å². The van der Waals surface area contributed by atoms with Crippen LogP contribution in [-0.2, 0) is 6.42 Å². The third-order valence-electron chi connectivity index (χ3n) is 3.80. The predicted octanol–water partition coefficient (Wildman–Crippen LogP) is 2.09. The Bertz CT molecular complexity index is 708. The lowest BCUT2D eigenvalue weighted by Gasteiger charge is -2.34. The molecule has 6 heteroatoms. The summed E-state index contributed by atoms with van der Waals surface area (Å²) < 4.78 is 0. The number of carbonyl (C=O) groups is 2. The van der Waals surface area contributed by atoms with Crippen LogP contribution < -0.4 is 4.90 Å². The third-order valence-corrected chi connectivity index (χ3v) is 3.80. The second kappa shape index (κ2) is 5.05. The maximum atomic E-state index is 12.7. The number of aromatic carboxylic acids is 1. The van der Waals surface area contributed by atoms with E-state index in [9.17, 15) is 9.59 Å². The number of nitrogens with one attached hydrogen (secondary N) is 1. The number of hydrogen-bond acceptors (Lipinski definition) is 3. The van der Waals surface area contributed by atoms with E-state index in [0.29, 0.717) is 0 Å². The molecule has 2 aromatic rings. The molecule has 0 radical (unpaired) electrons. The fourth-order valence-electron chi connectivity index (χ4n) is 2.73. The number of amides is 1. The van der Waals surface area contributed by atoms with Gasteiger partial charge in [-0.15, -0.1) is 0 Å². The van der Waals surface area contributed by atoms with Crippen molar-refractivity contribution in [1.82, 2.24) is 9.97 Å². The van der Waals surface area contributed by atoms with Gasteiger partial charge in [-0.05, 0) is 31.4 Å². The second-order valence-electron chi connectivity index (χ2n) is 5.12. The average molecular weight is 285 g/mol. The minimum Gasteiger partial charge on any atom is -0.477 e. The molecule has 0 saturated heterocycles. The van der Waals surface area contributed by atoms with Gasteiger partial charge in [0.2, 0.25) is 0 Å². The molecule has 0 bridgehead atoms. The molecular formula is C15H15N3O3. The van der Waals surface area contributed by atoms with Crippen molar-refractivity contribution in [3.8, 4) is 0 Å². The number of nitrogens with zero attached hydrogens (tertiary/aromatic N) is 2. The van der Waals surface area contributed by atoms with E-state index in [4.69, 9.17) is 5.11 Å². The van der Waals surface area contributed by atoms with Crippen LogP contribution >= 0.6 is 0 Å². The van der Waals surface area contributed by atoms with Crippen molar-refractivity contribution in [2.45, 2.75) is 25.8 Å². The summed E-state index contributed by atoms with van der Waals surface area (Å²) in [5.41, 5.74) is 1.71. The fourth-order valence-corrected chi connectivity index (χ4v) is 2.73. The van der Waals surface area contributed by atoms with Gasteiger partial charge in [0.05, 0.1) is 6.33 Å².